The van der Waals surface area contributed by atoms with Crippen molar-refractivity contribution in [3.8, 4) is 0 Å². The van der Waals surface area contributed by atoms with E-state index in [-0.39, 0.29) is 5.54 Å². The van der Waals surface area contributed by atoms with Gasteiger partial charge in [0.1, 0.15) is 0 Å². The van der Waals surface area contributed by atoms with Gasteiger partial charge >= 0.3 is 0 Å². The van der Waals surface area contributed by atoms with Gasteiger partial charge in [0, 0.05) is 25.2 Å². The molecule has 2 N–H and O–H groups in total. The Kier molecular flexibility index (Phi) is 6.45. The Labute approximate surface area is 107 Å². The second kappa shape index (κ2) is 7.34. The molecule has 1 rings (SSSR count). The van der Waals surface area contributed by atoms with Crippen molar-refractivity contribution in [2.45, 2.75) is 51.5 Å². The van der Waals surface area contributed by atoms with Crippen molar-refractivity contribution in [2.24, 2.45) is 11.7 Å². The maximum absolute atomic E-state index is 6.03. The third kappa shape index (κ3) is 4.23. The first kappa shape index (κ1) is 14.9. The van der Waals surface area contributed by atoms with Crippen LogP contribution >= 0.6 is 0 Å². The number of nitrogens with two attached hydrogens (primary N) is 1. The van der Waals surface area contributed by atoms with Gasteiger partial charge in [0.2, 0.25) is 0 Å². The first-order chi connectivity index (χ1) is 8.14. The maximum Gasteiger partial charge on any atom is 0.0593 e. The van der Waals surface area contributed by atoms with Crippen LogP contribution in [0.4, 0.5) is 0 Å². The lowest BCUT2D eigenvalue weighted by molar-refractivity contribution is 0.0341. The predicted molar refractivity (Wildman–Crippen MR) is 73.2 cm³/mol. The molecular formula is C14H30N2O. The summed E-state index contributed by atoms with van der Waals surface area (Å²) in [6.45, 7) is 8.00. The summed E-state index contributed by atoms with van der Waals surface area (Å²) in [7, 11) is 2.21. The molecule has 0 aromatic heterocycles. The number of hydrogen-bond donors (Lipinski definition) is 1. The first-order valence-corrected chi connectivity index (χ1v) is 7.13. The van der Waals surface area contributed by atoms with E-state index in [1.165, 1.54) is 25.7 Å². The molecule has 0 spiro atoms. The SMILES string of the molecule is CCCOCCN(C)C1(CN)CCC(C)CC1. The van der Waals surface area contributed by atoms with Gasteiger partial charge in [-0.2, -0.15) is 0 Å². The van der Waals surface area contributed by atoms with Gasteiger partial charge < -0.3 is 10.5 Å². The summed E-state index contributed by atoms with van der Waals surface area (Å²) >= 11 is 0. The molecule has 0 aliphatic heterocycles. The highest BCUT2D eigenvalue weighted by Crippen LogP contribution is 2.34. The van der Waals surface area contributed by atoms with Crippen LogP contribution in [0.5, 0.6) is 0 Å². The van der Waals surface area contributed by atoms with Crippen molar-refractivity contribution < 1.29 is 4.74 Å². The molecule has 3 nitrogen and oxygen atoms in total. The largest absolute Gasteiger partial charge is 0.380 e. The molecule has 0 radical (unpaired) electrons. The summed E-state index contributed by atoms with van der Waals surface area (Å²) in [6, 6.07) is 0. The van der Waals surface area contributed by atoms with Gasteiger partial charge in [-0.05, 0) is 45.1 Å². The molecule has 0 aromatic carbocycles. The Balaban J connectivity index is 2.37. The highest BCUT2D eigenvalue weighted by atomic mass is 16.5. The molecule has 0 atom stereocenters. The predicted octanol–water partition coefficient (Wildman–Crippen LogP) is 2.25. The molecule has 1 aliphatic rings. The molecule has 0 amide bonds. The zero-order valence-electron chi connectivity index (χ0n) is 11.9. The minimum Gasteiger partial charge on any atom is -0.380 e. The fourth-order valence-corrected chi connectivity index (χ4v) is 2.73. The minimum atomic E-state index is 0.238. The van der Waals surface area contributed by atoms with E-state index >= 15 is 0 Å². The quantitative estimate of drug-likeness (QED) is 0.696. The van der Waals surface area contributed by atoms with Crippen LogP contribution in [0.15, 0.2) is 0 Å². The second-order valence-corrected chi connectivity index (χ2v) is 5.64. The molecule has 3 heteroatoms. The normalized spacial score (nSPS) is 29.8. The summed E-state index contributed by atoms with van der Waals surface area (Å²) in [5.74, 6) is 0.874. The van der Waals surface area contributed by atoms with E-state index in [9.17, 15) is 0 Å². The fourth-order valence-electron chi connectivity index (χ4n) is 2.73. The van der Waals surface area contributed by atoms with E-state index in [1.807, 2.05) is 0 Å². The van der Waals surface area contributed by atoms with Crippen LogP contribution in [0.3, 0.4) is 0 Å². The lowest BCUT2D eigenvalue weighted by Crippen LogP contribution is -2.54. The lowest BCUT2D eigenvalue weighted by Gasteiger charge is -2.45. The molecule has 1 fully saturated rings. The zero-order valence-corrected chi connectivity index (χ0v) is 11.9. The molecule has 17 heavy (non-hydrogen) atoms. The standard InChI is InChI=1S/C14H30N2O/c1-4-10-17-11-9-16(3)14(12-15)7-5-13(2)6-8-14/h13H,4-12,15H2,1-3H3. The summed E-state index contributed by atoms with van der Waals surface area (Å²) in [6.07, 6.45) is 6.22. The molecule has 102 valence electrons. The van der Waals surface area contributed by atoms with Crippen LogP contribution in [0.1, 0.15) is 46.0 Å². The van der Waals surface area contributed by atoms with Gasteiger partial charge in [-0.3, -0.25) is 4.90 Å². The Morgan fingerprint density at radius 2 is 1.94 bits per heavy atom. The smallest absolute Gasteiger partial charge is 0.0593 e. The topological polar surface area (TPSA) is 38.5 Å². The molecule has 0 unspecified atom stereocenters. The third-order valence-corrected chi connectivity index (χ3v) is 4.31. The fraction of sp³-hybridized carbons (Fsp3) is 1.00. The van der Waals surface area contributed by atoms with Gasteiger partial charge in [0.15, 0.2) is 0 Å². The molecular weight excluding hydrogens is 212 g/mol. The zero-order chi connectivity index (χ0) is 12.7. The Morgan fingerprint density at radius 3 is 2.47 bits per heavy atom. The number of hydrogen-bond acceptors (Lipinski definition) is 3. The van der Waals surface area contributed by atoms with E-state index < -0.39 is 0 Å². The number of ether oxygens (including phenoxy) is 1. The van der Waals surface area contributed by atoms with Gasteiger partial charge in [-0.25, -0.2) is 0 Å². The number of likely N-dealkylation sites (N-methyl/N-ethyl adjacent to an activating group) is 1. The summed E-state index contributed by atoms with van der Waals surface area (Å²) in [5.41, 5.74) is 6.27. The monoisotopic (exact) mass is 242 g/mol. The summed E-state index contributed by atoms with van der Waals surface area (Å²) < 4.78 is 5.57. The van der Waals surface area contributed by atoms with Crippen molar-refractivity contribution in [3.63, 3.8) is 0 Å². The van der Waals surface area contributed by atoms with E-state index in [1.54, 1.807) is 0 Å². The summed E-state index contributed by atoms with van der Waals surface area (Å²) in [4.78, 5) is 2.44. The minimum absolute atomic E-state index is 0.238. The molecule has 0 aromatic rings. The van der Waals surface area contributed by atoms with Crippen molar-refractivity contribution >= 4 is 0 Å². The van der Waals surface area contributed by atoms with E-state index in [0.717, 1.165) is 38.6 Å². The average molecular weight is 242 g/mol. The highest BCUT2D eigenvalue weighted by molar-refractivity contribution is 4.94. The van der Waals surface area contributed by atoms with Crippen molar-refractivity contribution in [2.75, 3.05) is 33.4 Å². The lowest BCUT2D eigenvalue weighted by atomic mass is 9.76. The Bertz CT molecular complexity index is 200. The van der Waals surface area contributed by atoms with E-state index in [2.05, 4.69) is 25.8 Å². The van der Waals surface area contributed by atoms with Crippen LogP contribution in [-0.2, 0) is 4.74 Å². The highest BCUT2D eigenvalue weighted by Gasteiger charge is 2.36. The van der Waals surface area contributed by atoms with Crippen LogP contribution in [0.25, 0.3) is 0 Å². The molecule has 0 heterocycles. The second-order valence-electron chi connectivity index (χ2n) is 5.64. The average Bonchev–Trinajstić information content (AvgIpc) is 2.36. The van der Waals surface area contributed by atoms with Crippen LogP contribution < -0.4 is 5.73 Å². The Hall–Kier alpha value is -0.120. The van der Waals surface area contributed by atoms with Crippen LogP contribution in [0, 0.1) is 5.92 Å². The van der Waals surface area contributed by atoms with Gasteiger partial charge in [-0.1, -0.05) is 13.8 Å². The van der Waals surface area contributed by atoms with E-state index in [0.29, 0.717) is 0 Å². The molecule has 1 aliphatic carbocycles. The third-order valence-electron chi connectivity index (χ3n) is 4.31. The van der Waals surface area contributed by atoms with Crippen molar-refractivity contribution in [3.05, 3.63) is 0 Å². The van der Waals surface area contributed by atoms with Crippen LogP contribution in [-0.4, -0.2) is 43.8 Å². The molecule has 0 saturated heterocycles. The van der Waals surface area contributed by atoms with Crippen molar-refractivity contribution in [1.29, 1.82) is 0 Å². The van der Waals surface area contributed by atoms with Gasteiger partial charge in [0.05, 0.1) is 6.61 Å². The maximum atomic E-state index is 6.03. The Morgan fingerprint density at radius 1 is 1.29 bits per heavy atom. The molecule has 0 bridgehead atoms. The molecule has 1 saturated carbocycles. The first-order valence-electron chi connectivity index (χ1n) is 7.13. The number of nitrogens with zero attached hydrogens (tertiary/aromatic N) is 1. The van der Waals surface area contributed by atoms with Gasteiger partial charge in [0.25, 0.3) is 0 Å². The van der Waals surface area contributed by atoms with Gasteiger partial charge in [-0.15, -0.1) is 0 Å². The van der Waals surface area contributed by atoms with Crippen molar-refractivity contribution in [1.82, 2.24) is 4.90 Å². The summed E-state index contributed by atoms with van der Waals surface area (Å²) in [5, 5.41) is 0. The van der Waals surface area contributed by atoms with E-state index in [4.69, 9.17) is 10.5 Å². The van der Waals surface area contributed by atoms with Crippen LogP contribution in [0.2, 0.25) is 0 Å². The number of rotatable bonds is 7.